The van der Waals surface area contributed by atoms with Gasteiger partial charge in [-0.1, -0.05) is 23.4 Å². The summed E-state index contributed by atoms with van der Waals surface area (Å²) in [5.41, 5.74) is 0.972. The molecule has 0 atom stereocenters. The lowest BCUT2D eigenvalue weighted by atomic mass is 10.1. The molecule has 0 aliphatic carbocycles. The summed E-state index contributed by atoms with van der Waals surface area (Å²) in [6.45, 7) is 0. The van der Waals surface area contributed by atoms with Crippen molar-refractivity contribution in [3.8, 4) is 11.5 Å². The van der Waals surface area contributed by atoms with Gasteiger partial charge in [0.15, 0.2) is 5.71 Å². The zero-order valence-corrected chi connectivity index (χ0v) is 11.8. The van der Waals surface area contributed by atoms with E-state index in [0.717, 1.165) is 5.75 Å². The maximum absolute atomic E-state index is 9.23. The van der Waals surface area contributed by atoms with Crippen molar-refractivity contribution in [1.82, 2.24) is 20.2 Å². The fourth-order valence-corrected chi connectivity index (χ4v) is 1.97. The smallest absolute Gasteiger partial charge is 0.204 e. The topological polar surface area (TPSA) is 85.4 Å². The van der Waals surface area contributed by atoms with Gasteiger partial charge >= 0.3 is 0 Å². The molecule has 0 aliphatic rings. The Bertz CT molecular complexity index is 781. The van der Waals surface area contributed by atoms with Crippen molar-refractivity contribution < 1.29 is 9.94 Å². The lowest BCUT2D eigenvalue weighted by Crippen LogP contribution is -2.11. The number of nitrogens with zero attached hydrogens (tertiary/aromatic N) is 5. The number of aromatic nitrogens is 4. The van der Waals surface area contributed by atoms with Crippen molar-refractivity contribution >= 4 is 5.71 Å². The normalized spacial score (nSPS) is 11.4. The van der Waals surface area contributed by atoms with E-state index in [0.29, 0.717) is 22.8 Å². The standard InChI is InChI=1S/C15H13N5O2/c1-20-15(16-18-19-20)14(17-21)11-7-9-13(10-8-11)22-12-5-3-2-4-6-12/h2-10,21H,1H3/b17-14-. The molecule has 0 spiro atoms. The third-order valence-corrected chi connectivity index (χ3v) is 3.04. The summed E-state index contributed by atoms with van der Waals surface area (Å²) < 4.78 is 7.15. The largest absolute Gasteiger partial charge is 0.457 e. The van der Waals surface area contributed by atoms with Crippen LogP contribution in [0.5, 0.6) is 11.5 Å². The average molecular weight is 295 g/mol. The van der Waals surface area contributed by atoms with Gasteiger partial charge in [0.2, 0.25) is 5.82 Å². The van der Waals surface area contributed by atoms with Gasteiger partial charge in [-0.3, -0.25) is 0 Å². The van der Waals surface area contributed by atoms with E-state index in [1.165, 1.54) is 4.68 Å². The van der Waals surface area contributed by atoms with E-state index in [4.69, 9.17) is 4.74 Å². The first-order chi connectivity index (χ1) is 10.8. The number of aryl methyl sites for hydroxylation is 1. The number of ether oxygens (including phenoxy) is 1. The molecule has 0 amide bonds. The molecule has 0 saturated heterocycles. The quantitative estimate of drug-likeness (QED) is 0.453. The van der Waals surface area contributed by atoms with Crippen LogP contribution in [0.15, 0.2) is 59.8 Å². The fraction of sp³-hybridized carbons (Fsp3) is 0.0667. The number of para-hydroxylation sites is 1. The average Bonchev–Trinajstić information content (AvgIpc) is 2.97. The Morgan fingerprint density at radius 1 is 1.05 bits per heavy atom. The van der Waals surface area contributed by atoms with Crippen LogP contribution in [-0.4, -0.2) is 31.1 Å². The van der Waals surface area contributed by atoms with Crippen LogP contribution in [0.25, 0.3) is 0 Å². The van der Waals surface area contributed by atoms with Crippen LogP contribution in [0.1, 0.15) is 11.4 Å². The lowest BCUT2D eigenvalue weighted by molar-refractivity contribution is 0.319. The molecule has 2 aromatic carbocycles. The summed E-state index contributed by atoms with van der Waals surface area (Å²) in [6, 6.07) is 16.6. The molecular weight excluding hydrogens is 282 g/mol. The van der Waals surface area contributed by atoms with Crippen LogP contribution in [0.3, 0.4) is 0 Å². The third kappa shape index (κ3) is 2.78. The Balaban J connectivity index is 1.83. The lowest BCUT2D eigenvalue weighted by Gasteiger charge is -2.07. The Labute approximate surface area is 126 Å². The number of hydrogen-bond donors (Lipinski definition) is 1. The summed E-state index contributed by atoms with van der Waals surface area (Å²) in [4.78, 5) is 0. The minimum Gasteiger partial charge on any atom is -0.457 e. The van der Waals surface area contributed by atoms with E-state index < -0.39 is 0 Å². The van der Waals surface area contributed by atoms with Crippen LogP contribution in [0, 0.1) is 0 Å². The SMILES string of the molecule is Cn1nnnc1/C(=N\O)c1ccc(Oc2ccccc2)cc1. The fourth-order valence-electron chi connectivity index (χ4n) is 1.97. The molecule has 1 aromatic heterocycles. The molecule has 22 heavy (non-hydrogen) atoms. The molecule has 0 saturated carbocycles. The highest BCUT2D eigenvalue weighted by Crippen LogP contribution is 2.21. The van der Waals surface area contributed by atoms with Gasteiger partial charge in [0, 0.05) is 12.6 Å². The summed E-state index contributed by atoms with van der Waals surface area (Å²) in [5.74, 6) is 1.81. The highest BCUT2D eigenvalue weighted by molar-refractivity contribution is 6.10. The molecule has 7 nitrogen and oxygen atoms in total. The van der Waals surface area contributed by atoms with Gasteiger partial charge < -0.3 is 9.94 Å². The van der Waals surface area contributed by atoms with Gasteiger partial charge in [-0.15, -0.1) is 5.10 Å². The van der Waals surface area contributed by atoms with Gasteiger partial charge in [0.05, 0.1) is 0 Å². The van der Waals surface area contributed by atoms with Crippen molar-refractivity contribution in [1.29, 1.82) is 0 Å². The van der Waals surface area contributed by atoms with E-state index in [-0.39, 0.29) is 0 Å². The van der Waals surface area contributed by atoms with Crippen LogP contribution in [0.2, 0.25) is 0 Å². The summed E-state index contributed by atoms with van der Waals surface area (Å²) in [5, 5.41) is 23.6. The van der Waals surface area contributed by atoms with Crippen molar-refractivity contribution in [2.24, 2.45) is 12.2 Å². The number of tetrazole rings is 1. The maximum Gasteiger partial charge on any atom is 0.204 e. The molecule has 0 unspecified atom stereocenters. The van der Waals surface area contributed by atoms with E-state index in [2.05, 4.69) is 20.7 Å². The highest BCUT2D eigenvalue weighted by atomic mass is 16.5. The molecule has 1 N–H and O–H groups in total. The third-order valence-electron chi connectivity index (χ3n) is 3.04. The zero-order chi connectivity index (χ0) is 15.4. The van der Waals surface area contributed by atoms with Crippen molar-refractivity contribution in [2.45, 2.75) is 0 Å². The molecule has 110 valence electrons. The molecule has 3 aromatic rings. The molecule has 0 fully saturated rings. The van der Waals surface area contributed by atoms with Crippen molar-refractivity contribution in [3.05, 3.63) is 66.0 Å². The molecule has 0 bridgehead atoms. The molecule has 7 heteroatoms. The Kier molecular flexibility index (Phi) is 3.78. The van der Waals surface area contributed by atoms with E-state index in [1.807, 2.05) is 30.3 Å². The summed E-state index contributed by atoms with van der Waals surface area (Å²) in [7, 11) is 1.67. The first kappa shape index (κ1) is 13.7. The number of rotatable bonds is 4. The molecular formula is C15H13N5O2. The van der Waals surface area contributed by atoms with Gasteiger partial charge in [0.1, 0.15) is 11.5 Å². The summed E-state index contributed by atoms with van der Waals surface area (Å²) in [6.07, 6.45) is 0. The van der Waals surface area contributed by atoms with Crippen molar-refractivity contribution in [2.75, 3.05) is 0 Å². The van der Waals surface area contributed by atoms with E-state index in [1.54, 1.807) is 31.3 Å². The Morgan fingerprint density at radius 2 is 1.73 bits per heavy atom. The molecule has 0 aliphatic heterocycles. The van der Waals surface area contributed by atoms with Gasteiger partial charge in [-0.2, -0.15) is 0 Å². The minimum absolute atomic E-state index is 0.291. The van der Waals surface area contributed by atoms with E-state index in [9.17, 15) is 5.21 Å². The predicted molar refractivity (Wildman–Crippen MR) is 79.2 cm³/mol. The highest BCUT2D eigenvalue weighted by Gasteiger charge is 2.14. The maximum atomic E-state index is 9.23. The number of benzene rings is 2. The second kappa shape index (κ2) is 6.04. The summed E-state index contributed by atoms with van der Waals surface area (Å²) >= 11 is 0. The van der Waals surface area contributed by atoms with Gasteiger partial charge in [0.25, 0.3) is 0 Å². The van der Waals surface area contributed by atoms with Crippen LogP contribution >= 0.6 is 0 Å². The van der Waals surface area contributed by atoms with E-state index >= 15 is 0 Å². The zero-order valence-electron chi connectivity index (χ0n) is 11.8. The molecule has 3 rings (SSSR count). The van der Waals surface area contributed by atoms with Crippen LogP contribution < -0.4 is 4.74 Å². The Hall–Kier alpha value is -3.22. The van der Waals surface area contributed by atoms with Crippen LogP contribution in [0.4, 0.5) is 0 Å². The second-order valence-corrected chi connectivity index (χ2v) is 4.51. The van der Waals surface area contributed by atoms with Crippen molar-refractivity contribution in [3.63, 3.8) is 0 Å². The minimum atomic E-state index is 0.291. The molecule has 1 heterocycles. The monoisotopic (exact) mass is 295 g/mol. The van der Waals surface area contributed by atoms with Crippen LogP contribution in [-0.2, 0) is 7.05 Å². The van der Waals surface area contributed by atoms with Gasteiger partial charge in [-0.05, 0) is 46.8 Å². The van der Waals surface area contributed by atoms with Gasteiger partial charge in [-0.25, -0.2) is 4.68 Å². The first-order valence-electron chi connectivity index (χ1n) is 6.56. The molecule has 0 radical (unpaired) electrons. The number of hydrogen-bond acceptors (Lipinski definition) is 6. The second-order valence-electron chi connectivity index (χ2n) is 4.51. The Morgan fingerprint density at radius 3 is 2.32 bits per heavy atom. The first-order valence-corrected chi connectivity index (χ1v) is 6.56. The number of oxime groups is 1. The predicted octanol–water partition coefficient (Wildman–Crippen LogP) is 2.23.